The van der Waals surface area contributed by atoms with Crippen LogP contribution in [-0.2, 0) is 14.3 Å². The topological polar surface area (TPSA) is 63.6 Å². The van der Waals surface area contributed by atoms with Gasteiger partial charge in [0.2, 0.25) is 0 Å². The second-order valence-corrected chi connectivity index (χ2v) is 8.36. The number of ether oxygens (including phenoxy) is 1. The molecule has 0 unspecified atom stereocenters. The SMILES string of the molecule is CC=CC(C=CC)(C(=O)O)C(C=CC)(C=CC)C(=O)OCCCCCCCCCCCC. The number of rotatable bonds is 18. The Morgan fingerprint density at radius 3 is 1.41 bits per heavy atom. The van der Waals surface area contributed by atoms with Crippen LogP contribution in [0, 0.1) is 10.8 Å². The van der Waals surface area contributed by atoms with E-state index in [-0.39, 0.29) is 0 Å². The highest BCUT2D eigenvalue weighted by Crippen LogP contribution is 2.47. The number of unbranched alkanes of at least 4 members (excludes halogenated alkanes) is 9. The first kappa shape index (κ1) is 29.9. The Labute approximate surface area is 196 Å². The van der Waals surface area contributed by atoms with E-state index in [1.54, 1.807) is 76.3 Å². The van der Waals surface area contributed by atoms with Crippen molar-refractivity contribution in [1.82, 2.24) is 0 Å². The van der Waals surface area contributed by atoms with Crippen LogP contribution in [0.4, 0.5) is 0 Å². The zero-order valence-electron chi connectivity index (χ0n) is 21.1. The van der Waals surface area contributed by atoms with Gasteiger partial charge in [0, 0.05) is 0 Å². The van der Waals surface area contributed by atoms with Crippen molar-refractivity contribution in [3.8, 4) is 0 Å². The van der Waals surface area contributed by atoms with E-state index in [1.165, 1.54) is 44.9 Å². The maximum atomic E-state index is 13.4. The normalized spacial score (nSPS) is 16.2. The highest BCUT2D eigenvalue weighted by Gasteiger charge is 2.56. The molecular weight excluding hydrogens is 400 g/mol. The number of carboxylic acids is 1. The Bertz CT molecular complexity index is 616. The fourth-order valence-corrected chi connectivity index (χ4v) is 4.21. The molecular formula is C28H46O4. The number of aliphatic carboxylic acids is 1. The second kappa shape index (κ2) is 17.5. The molecule has 0 aliphatic heterocycles. The first-order chi connectivity index (χ1) is 15.4. The van der Waals surface area contributed by atoms with Crippen molar-refractivity contribution in [2.45, 2.75) is 98.8 Å². The fourth-order valence-electron chi connectivity index (χ4n) is 4.21. The first-order valence-electron chi connectivity index (χ1n) is 12.4. The standard InChI is InChI=1S/C28H46O4/c1-6-11-12-13-14-15-16-17-18-19-24-32-26(31)28(22-9-4,23-10-5)27(20-7-2,21-8-3)25(29)30/h7-10,20-23H,6,11-19,24H2,1-5H3,(H,29,30). The summed E-state index contributed by atoms with van der Waals surface area (Å²) in [4.78, 5) is 25.8. The monoisotopic (exact) mass is 446 g/mol. The third-order valence-corrected chi connectivity index (χ3v) is 5.83. The van der Waals surface area contributed by atoms with Crippen LogP contribution in [0.1, 0.15) is 98.8 Å². The van der Waals surface area contributed by atoms with Gasteiger partial charge in [0.1, 0.15) is 10.8 Å². The van der Waals surface area contributed by atoms with Crippen molar-refractivity contribution in [2.24, 2.45) is 10.8 Å². The molecule has 32 heavy (non-hydrogen) atoms. The molecule has 182 valence electrons. The van der Waals surface area contributed by atoms with Crippen LogP contribution in [-0.4, -0.2) is 23.7 Å². The lowest BCUT2D eigenvalue weighted by Gasteiger charge is -2.39. The van der Waals surface area contributed by atoms with Gasteiger partial charge in [-0.25, -0.2) is 0 Å². The van der Waals surface area contributed by atoms with Crippen molar-refractivity contribution in [3.63, 3.8) is 0 Å². The minimum Gasteiger partial charge on any atom is -0.480 e. The van der Waals surface area contributed by atoms with E-state index in [0.717, 1.165) is 19.3 Å². The molecule has 0 atom stereocenters. The van der Waals surface area contributed by atoms with Crippen LogP contribution in [0.5, 0.6) is 0 Å². The lowest BCUT2D eigenvalue weighted by Crippen LogP contribution is -2.49. The Morgan fingerprint density at radius 1 is 0.656 bits per heavy atom. The zero-order chi connectivity index (χ0) is 24.3. The molecule has 0 heterocycles. The predicted octanol–water partition coefficient (Wildman–Crippen LogP) is 7.81. The van der Waals surface area contributed by atoms with Crippen LogP contribution < -0.4 is 0 Å². The molecule has 1 N–H and O–H groups in total. The van der Waals surface area contributed by atoms with Crippen LogP contribution in [0.25, 0.3) is 0 Å². The average Bonchev–Trinajstić information content (AvgIpc) is 2.76. The van der Waals surface area contributed by atoms with E-state index in [2.05, 4.69) is 6.92 Å². The van der Waals surface area contributed by atoms with Crippen molar-refractivity contribution in [3.05, 3.63) is 48.6 Å². The van der Waals surface area contributed by atoms with Gasteiger partial charge in [-0.05, 0) is 34.1 Å². The van der Waals surface area contributed by atoms with E-state index in [0.29, 0.717) is 6.61 Å². The minimum absolute atomic E-state index is 0.299. The lowest BCUT2D eigenvalue weighted by molar-refractivity contribution is -0.162. The first-order valence-corrected chi connectivity index (χ1v) is 12.4. The van der Waals surface area contributed by atoms with Crippen LogP contribution in [0.15, 0.2) is 48.6 Å². The molecule has 0 aliphatic carbocycles. The van der Waals surface area contributed by atoms with Crippen molar-refractivity contribution in [1.29, 1.82) is 0 Å². The van der Waals surface area contributed by atoms with Gasteiger partial charge < -0.3 is 9.84 Å². The molecule has 0 amide bonds. The van der Waals surface area contributed by atoms with Gasteiger partial charge in [-0.1, -0.05) is 113 Å². The molecule has 0 radical (unpaired) electrons. The molecule has 0 aliphatic rings. The Hall–Kier alpha value is -2.10. The molecule has 0 aromatic carbocycles. The number of allylic oxidation sites excluding steroid dienone is 4. The van der Waals surface area contributed by atoms with E-state index in [1.807, 2.05) is 0 Å². The quantitative estimate of drug-likeness (QED) is 0.132. The molecule has 0 saturated carbocycles. The molecule has 0 spiro atoms. The van der Waals surface area contributed by atoms with Gasteiger partial charge in [-0.3, -0.25) is 9.59 Å². The van der Waals surface area contributed by atoms with Crippen LogP contribution >= 0.6 is 0 Å². The summed E-state index contributed by atoms with van der Waals surface area (Å²) in [5.41, 5.74) is -3.02. The summed E-state index contributed by atoms with van der Waals surface area (Å²) in [6, 6.07) is 0. The van der Waals surface area contributed by atoms with Gasteiger partial charge in [-0.2, -0.15) is 0 Å². The van der Waals surface area contributed by atoms with E-state index < -0.39 is 22.8 Å². The molecule has 0 aromatic rings. The number of carbonyl (C=O) groups is 2. The van der Waals surface area contributed by atoms with E-state index in [9.17, 15) is 14.7 Å². The van der Waals surface area contributed by atoms with Crippen molar-refractivity contribution in [2.75, 3.05) is 6.61 Å². The van der Waals surface area contributed by atoms with Crippen molar-refractivity contribution < 1.29 is 19.4 Å². The summed E-state index contributed by atoms with van der Waals surface area (Å²) in [6.45, 7) is 9.61. The summed E-state index contributed by atoms with van der Waals surface area (Å²) in [6.07, 6.45) is 25.2. The molecule has 0 saturated heterocycles. The number of hydrogen-bond donors (Lipinski definition) is 1. The Balaban J connectivity index is 5.13. The largest absolute Gasteiger partial charge is 0.480 e. The number of carbonyl (C=O) groups excluding carboxylic acids is 1. The summed E-state index contributed by atoms with van der Waals surface area (Å²) >= 11 is 0. The van der Waals surface area contributed by atoms with Crippen LogP contribution in [0.3, 0.4) is 0 Å². The van der Waals surface area contributed by atoms with Gasteiger partial charge in [0.05, 0.1) is 6.61 Å². The third-order valence-electron chi connectivity index (χ3n) is 5.83. The van der Waals surface area contributed by atoms with E-state index >= 15 is 0 Å². The van der Waals surface area contributed by atoms with Gasteiger partial charge in [0.15, 0.2) is 0 Å². The Kier molecular flexibility index (Phi) is 16.3. The van der Waals surface area contributed by atoms with Gasteiger partial charge in [-0.15, -0.1) is 0 Å². The molecule has 0 fully saturated rings. The summed E-state index contributed by atoms with van der Waals surface area (Å²) in [5, 5.41) is 10.2. The predicted molar refractivity (Wildman–Crippen MR) is 135 cm³/mol. The number of hydrogen-bond acceptors (Lipinski definition) is 3. The minimum atomic E-state index is -1.57. The maximum absolute atomic E-state index is 13.4. The molecule has 0 rings (SSSR count). The van der Waals surface area contributed by atoms with Gasteiger partial charge >= 0.3 is 11.9 Å². The van der Waals surface area contributed by atoms with Gasteiger partial charge in [0.25, 0.3) is 0 Å². The summed E-state index contributed by atoms with van der Waals surface area (Å²) < 4.78 is 5.66. The number of carboxylic acid groups (broad SMARTS) is 1. The maximum Gasteiger partial charge on any atom is 0.321 e. The Morgan fingerprint density at radius 2 is 1.03 bits per heavy atom. The fraction of sp³-hybridized carbons (Fsp3) is 0.643. The smallest absolute Gasteiger partial charge is 0.321 e. The third kappa shape index (κ3) is 8.80. The van der Waals surface area contributed by atoms with Crippen molar-refractivity contribution >= 4 is 11.9 Å². The van der Waals surface area contributed by atoms with Crippen LogP contribution in [0.2, 0.25) is 0 Å². The second-order valence-electron chi connectivity index (χ2n) is 8.36. The lowest BCUT2D eigenvalue weighted by atomic mass is 9.62. The number of esters is 1. The highest BCUT2D eigenvalue weighted by atomic mass is 16.5. The average molecular weight is 447 g/mol. The summed E-state index contributed by atoms with van der Waals surface area (Å²) in [7, 11) is 0. The van der Waals surface area contributed by atoms with E-state index in [4.69, 9.17) is 4.74 Å². The molecule has 0 aromatic heterocycles. The molecule has 4 nitrogen and oxygen atoms in total. The zero-order valence-corrected chi connectivity index (χ0v) is 21.1. The molecule has 0 bridgehead atoms. The molecule has 4 heteroatoms. The highest BCUT2D eigenvalue weighted by molar-refractivity contribution is 5.94. The summed E-state index contributed by atoms with van der Waals surface area (Å²) in [5.74, 6) is -1.64.